The maximum absolute atomic E-state index is 11.5. The lowest BCUT2D eigenvalue weighted by Crippen LogP contribution is -3.13. The number of nitrogens with one attached hydrogen (secondary N) is 1. The number of carbonyl (C=O) groups excluding carboxylic acids is 1. The molecule has 0 aliphatic carbocycles. The van der Waals surface area contributed by atoms with Gasteiger partial charge in [0.1, 0.15) is 19.3 Å². The van der Waals surface area contributed by atoms with Gasteiger partial charge in [-0.05, 0) is 42.3 Å². The van der Waals surface area contributed by atoms with Crippen LogP contribution in [0.4, 0.5) is 0 Å². The van der Waals surface area contributed by atoms with Gasteiger partial charge in [-0.25, -0.2) is 0 Å². The molecule has 3 rings (SSSR count). The van der Waals surface area contributed by atoms with Crippen LogP contribution < -0.4 is 14.4 Å². The number of hydrogen-bond donors (Lipinski definition) is 2. The standard InChI is InChI=1S/C23H27NO4/c1-17(25)20-8-9-22(23(14-20)27-2)28-16-21(26)15-24-12-10-19(11-13-24)18-6-4-3-5-7-18/h3-10,14,21,26H,11-13,15-16H2,1-2H3/p+1/t21-/m1/s1. The third-order valence-electron chi connectivity index (χ3n) is 5.06. The van der Waals surface area contributed by atoms with E-state index in [1.165, 1.54) is 30.1 Å². The van der Waals surface area contributed by atoms with Gasteiger partial charge < -0.3 is 19.5 Å². The third-order valence-corrected chi connectivity index (χ3v) is 5.06. The quantitative estimate of drug-likeness (QED) is 0.686. The molecule has 1 aliphatic heterocycles. The molecule has 0 saturated carbocycles. The van der Waals surface area contributed by atoms with Gasteiger partial charge in [-0.1, -0.05) is 30.3 Å². The van der Waals surface area contributed by atoms with Crippen molar-refractivity contribution in [3.05, 3.63) is 65.7 Å². The van der Waals surface area contributed by atoms with E-state index in [0.29, 0.717) is 23.6 Å². The van der Waals surface area contributed by atoms with Crippen molar-refractivity contribution in [3.63, 3.8) is 0 Å². The van der Waals surface area contributed by atoms with Crippen LogP contribution in [0.2, 0.25) is 0 Å². The molecule has 0 radical (unpaired) electrons. The molecule has 2 aromatic carbocycles. The Kier molecular flexibility index (Phi) is 6.85. The molecule has 2 N–H and O–H groups in total. The monoisotopic (exact) mass is 382 g/mol. The van der Waals surface area contributed by atoms with Crippen molar-refractivity contribution in [1.82, 2.24) is 0 Å². The summed E-state index contributed by atoms with van der Waals surface area (Å²) >= 11 is 0. The van der Waals surface area contributed by atoms with Crippen LogP contribution in [0.1, 0.15) is 29.3 Å². The Labute approximate surface area is 166 Å². The second-order valence-corrected chi connectivity index (χ2v) is 7.14. The van der Waals surface area contributed by atoms with Crippen molar-refractivity contribution < 1.29 is 24.3 Å². The smallest absolute Gasteiger partial charge is 0.161 e. The average molecular weight is 382 g/mol. The Morgan fingerprint density at radius 3 is 2.61 bits per heavy atom. The summed E-state index contributed by atoms with van der Waals surface area (Å²) < 4.78 is 11.0. The van der Waals surface area contributed by atoms with Gasteiger partial charge >= 0.3 is 0 Å². The number of hydrogen-bond acceptors (Lipinski definition) is 4. The van der Waals surface area contributed by atoms with Crippen molar-refractivity contribution >= 4 is 11.4 Å². The van der Waals surface area contributed by atoms with E-state index in [4.69, 9.17) is 9.47 Å². The van der Waals surface area contributed by atoms with Crippen molar-refractivity contribution in [2.24, 2.45) is 0 Å². The number of Topliss-reactive ketones (excluding diaryl/α,β-unsaturated/α-hetero) is 1. The summed E-state index contributed by atoms with van der Waals surface area (Å²) in [4.78, 5) is 12.8. The van der Waals surface area contributed by atoms with Crippen LogP contribution in [0.5, 0.6) is 11.5 Å². The van der Waals surface area contributed by atoms with Gasteiger partial charge in [0, 0.05) is 12.0 Å². The zero-order chi connectivity index (χ0) is 19.9. The summed E-state index contributed by atoms with van der Waals surface area (Å²) in [5.41, 5.74) is 3.24. The summed E-state index contributed by atoms with van der Waals surface area (Å²) in [5, 5.41) is 10.4. The molecule has 0 aromatic heterocycles. The number of methoxy groups -OCH3 is 1. The van der Waals surface area contributed by atoms with Gasteiger partial charge in [-0.3, -0.25) is 4.79 Å². The van der Waals surface area contributed by atoms with Crippen molar-refractivity contribution in [1.29, 1.82) is 0 Å². The summed E-state index contributed by atoms with van der Waals surface area (Å²) in [6, 6.07) is 15.5. The maximum atomic E-state index is 11.5. The summed E-state index contributed by atoms with van der Waals surface area (Å²) in [5.74, 6) is 1.01. The second kappa shape index (κ2) is 9.53. The first-order chi connectivity index (χ1) is 13.6. The molecular formula is C23H28NO4+. The number of rotatable bonds is 8. The number of quaternary nitrogens is 1. The van der Waals surface area contributed by atoms with Gasteiger partial charge in [0.2, 0.25) is 0 Å². The van der Waals surface area contributed by atoms with Crippen LogP contribution in [-0.2, 0) is 0 Å². The van der Waals surface area contributed by atoms with Crippen LogP contribution in [0.15, 0.2) is 54.6 Å². The normalized spacial score (nSPS) is 17.5. The number of aliphatic hydroxyl groups excluding tert-OH is 1. The first kappa shape index (κ1) is 20.1. The molecule has 28 heavy (non-hydrogen) atoms. The summed E-state index contributed by atoms with van der Waals surface area (Å²) in [6.07, 6.45) is 2.71. The van der Waals surface area contributed by atoms with Crippen molar-refractivity contribution in [3.8, 4) is 11.5 Å². The Balaban J connectivity index is 1.51. The minimum atomic E-state index is -0.570. The summed E-state index contributed by atoms with van der Waals surface area (Å²) in [7, 11) is 1.54. The highest BCUT2D eigenvalue weighted by Gasteiger charge is 2.20. The Hall–Kier alpha value is -2.63. The second-order valence-electron chi connectivity index (χ2n) is 7.14. The zero-order valence-electron chi connectivity index (χ0n) is 16.5. The van der Waals surface area contributed by atoms with Gasteiger partial charge in [0.15, 0.2) is 17.3 Å². The molecule has 0 saturated heterocycles. The average Bonchev–Trinajstić information content (AvgIpc) is 2.73. The molecular weight excluding hydrogens is 354 g/mol. The molecule has 5 heteroatoms. The fourth-order valence-corrected chi connectivity index (χ4v) is 3.47. The molecule has 2 aromatic rings. The number of aliphatic hydroxyl groups is 1. The lowest BCUT2D eigenvalue weighted by molar-refractivity contribution is -0.898. The predicted octanol–water partition coefficient (Wildman–Crippen LogP) is 2.01. The summed E-state index contributed by atoms with van der Waals surface area (Å²) in [6.45, 7) is 4.23. The van der Waals surface area contributed by atoms with Crippen molar-refractivity contribution in [2.75, 3.05) is 33.4 Å². The minimum absolute atomic E-state index is 0.0264. The van der Waals surface area contributed by atoms with Gasteiger partial charge in [-0.15, -0.1) is 0 Å². The van der Waals surface area contributed by atoms with E-state index in [1.54, 1.807) is 18.2 Å². The lowest BCUT2D eigenvalue weighted by atomic mass is 9.99. The molecule has 148 valence electrons. The fraction of sp³-hybridized carbons (Fsp3) is 0.348. The van der Waals surface area contributed by atoms with E-state index in [-0.39, 0.29) is 12.4 Å². The maximum Gasteiger partial charge on any atom is 0.161 e. The van der Waals surface area contributed by atoms with Gasteiger partial charge in [0.05, 0.1) is 20.2 Å². The predicted molar refractivity (Wildman–Crippen MR) is 109 cm³/mol. The first-order valence-corrected chi connectivity index (χ1v) is 9.64. The topological polar surface area (TPSA) is 60.2 Å². The molecule has 0 amide bonds. The number of ketones is 1. The molecule has 0 spiro atoms. The number of carbonyl (C=O) groups is 1. The highest BCUT2D eigenvalue weighted by molar-refractivity contribution is 5.94. The van der Waals surface area contributed by atoms with E-state index < -0.39 is 6.10 Å². The molecule has 2 atom stereocenters. The van der Waals surface area contributed by atoms with E-state index in [2.05, 4.69) is 30.3 Å². The molecule has 1 unspecified atom stereocenters. The zero-order valence-corrected chi connectivity index (χ0v) is 16.5. The molecule has 5 nitrogen and oxygen atoms in total. The molecule has 1 aliphatic rings. The fourth-order valence-electron chi connectivity index (χ4n) is 3.47. The van der Waals surface area contributed by atoms with E-state index in [1.807, 2.05) is 6.07 Å². The van der Waals surface area contributed by atoms with Crippen LogP contribution in [-0.4, -0.2) is 50.3 Å². The van der Waals surface area contributed by atoms with Crippen LogP contribution >= 0.6 is 0 Å². The number of ether oxygens (including phenoxy) is 2. The minimum Gasteiger partial charge on any atom is -0.493 e. The largest absolute Gasteiger partial charge is 0.493 e. The molecule has 0 fully saturated rings. The van der Waals surface area contributed by atoms with E-state index in [0.717, 1.165) is 19.5 Å². The van der Waals surface area contributed by atoms with E-state index >= 15 is 0 Å². The first-order valence-electron chi connectivity index (χ1n) is 9.64. The highest BCUT2D eigenvalue weighted by Crippen LogP contribution is 2.28. The molecule has 0 bridgehead atoms. The van der Waals surface area contributed by atoms with Gasteiger partial charge in [0.25, 0.3) is 0 Å². The van der Waals surface area contributed by atoms with Crippen molar-refractivity contribution in [2.45, 2.75) is 19.4 Å². The Bertz CT molecular complexity index is 832. The van der Waals surface area contributed by atoms with E-state index in [9.17, 15) is 9.90 Å². The van der Waals surface area contributed by atoms with Crippen LogP contribution in [0, 0.1) is 0 Å². The Morgan fingerprint density at radius 1 is 1.18 bits per heavy atom. The number of benzene rings is 2. The SMILES string of the molecule is COc1cc(C(C)=O)ccc1OC[C@H](O)C[NH+]1CC=C(c2ccccc2)CC1. The molecule has 1 heterocycles. The highest BCUT2D eigenvalue weighted by atomic mass is 16.5. The lowest BCUT2D eigenvalue weighted by Gasteiger charge is -2.26. The Morgan fingerprint density at radius 2 is 1.96 bits per heavy atom. The van der Waals surface area contributed by atoms with Gasteiger partial charge in [-0.2, -0.15) is 0 Å². The third kappa shape index (κ3) is 5.21. The van der Waals surface area contributed by atoms with Crippen LogP contribution in [0.25, 0.3) is 5.57 Å². The van der Waals surface area contributed by atoms with Crippen LogP contribution in [0.3, 0.4) is 0 Å².